The minimum absolute atomic E-state index is 0.0948. The minimum Gasteiger partial charge on any atom is -0.355 e. The van der Waals surface area contributed by atoms with Crippen molar-refractivity contribution in [3.63, 3.8) is 0 Å². The van der Waals surface area contributed by atoms with E-state index >= 15 is 0 Å². The second kappa shape index (κ2) is 4.01. The number of nitrogens with one attached hydrogen (secondary N) is 2. The standard InChI is InChI=1S/C11H17N3O3/c1-11(2)10(17)12-3-4-14(11)9(16)7-5-8(15)13-6-7/h7H,3-6H2,1-2H3,(H,12,17)(H,13,15). The van der Waals surface area contributed by atoms with Crippen molar-refractivity contribution >= 4 is 17.7 Å². The fourth-order valence-corrected chi connectivity index (χ4v) is 2.29. The highest BCUT2D eigenvalue weighted by molar-refractivity contribution is 5.95. The Morgan fingerprint density at radius 3 is 2.65 bits per heavy atom. The van der Waals surface area contributed by atoms with Gasteiger partial charge < -0.3 is 15.5 Å². The minimum atomic E-state index is -0.832. The molecule has 2 rings (SSSR count). The summed E-state index contributed by atoms with van der Waals surface area (Å²) in [5.74, 6) is -0.673. The van der Waals surface area contributed by atoms with Gasteiger partial charge in [-0.25, -0.2) is 0 Å². The number of carbonyl (C=O) groups excluding carboxylic acids is 3. The van der Waals surface area contributed by atoms with Gasteiger partial charge in [-0.1, -0.05) is 0 Å². The number of hydrogen-bond donors (Lipinski definition) is 2. The number of nitrogens with zero attached hydrogens (tertiary/aromatic N) is 1. The van der Waals surface area contributed by atoms with Crippen LogP contribution in [0, 0.1) is 5.92 Å². The predicted molar refractivity (Wildman–Crippen MR) is 59.9 cm³/mol. The van der Waals surface area contributed by atoms with Crippen LogP contribution in [0.25, 0.3) is 0 Å². The summed E-state index contributed by atoms with van der Waals surface area (Å²) in [6.45, 7) is 4.81. The molecule has 94 valence electrons. The van der Waals surface area contributed by atoms with Crippen molar-refractivity contribution in [1.29, 1.82) is 0 Å². The fourth-order valence-electron chi connectivity index (χ4n) is 2.29. The topological polar surface area (TPSA) is 78.5 Å². The molecule has 0 radical (unpaired) electrons. The molecule has 2 aliphatic rings. The van der Waals surface area contributed by atoms with Gasteiger partial charge in [-0.2, -0.15) is 0 Å². The lowest BCUT2D eigenvalue weighted by Crippen LogP contribution is -2.64. The highest BCUT2D eigenvalue weighted by Crippen LogP contribution is 2.22. The molecule has 0 aromatic rings. The van der Waals surface area contributed by atoms with Crippen LogP contribution in [-0.4, -0.2) is 47.8 Å². The lowest BCUT2D eigenvalue weighted by atomic mass is 9.95. The van der Waals surface area contributed by atoms with Gasteiger partial charge in [-0.3, -0.25) is 14.4 Å². The third-order valence-electron chi connectivity index (χ3n) is 3.44. The van der Waals surface area contributed by atoms with Gasteiger partial charge in [0.1, 0.15) is 5.54 Å². The molecular formula is C11H17N3O3. The molecule has 0 bridgehead atoms. The molecule has 1 unspecified atom stereocenters. The maximum absolute atomic E-state index is 12.3. The van der Waals surface area contributed by atoms with Crippen molar-refractivity contribution in [1.82, 2.24) is 15.5 Å². The molecule has 1 atom stereocenters. The van der Waals surface area contributed by atoms with E-state index in [9.17, 15) is 14.4 Å². The molecule has 0 aromatic heterocycles. The summed E-state index contributed by atoms with van der Waals surface area (Å²) < 4.78 is 0. The summed E-state index contributed by atoms with van der Waals surface area (Å²) in [5.41, 5.74) is -0.832. The second-order valence-electron chi connectivity index (χ2n) is 5.01. The van der Waals surface area contributed by atoms with Crippen LogP contribution in [0.2, 0.25) is 0 Å². The van der Waals surface area contributed by atoms with Crippen molar-refractivity contribution < 1.29 is 14.4 Å². The molecule has 0 spiro atoms. The molecule has 17 heavy (non-hydrogen) atoms. The van der Waals surface area contributed by atoms with Gasteiger partial charge in [0, 0.05) is 26.1 Å². The molecule has 2 N–H and O–H groups in total. The van der Waals surface area contributed by atoms with Crippen LogP contribution in [0.1, 0.15) is 20.3 Å². The molecule has 2 fully saturated rings. The maximum Gasteiger partial charge on any atom is 0.245 e. The molecule has 2 aliphatic heterocycles. The maximum atomic E-state index is 12.3. The quantitative estimate of drug-likeness (QED) is 0.607. The summed E-state index contributed by atoms with van der Waals surface area (Å²) in [6.07, 6.45) is 0.229. The van der Waals surface area contributed by atoms with E-state index < -0.39 is 5.54 Å². The van der Waals surface area contributed by atoms with Crippen molar-refractivity contribution in [2.75, 3.05) is 19.6 Å². The first-order chi connectivity index (χ1) is 7.93. The van der Waals surface area contributed by atoms with Crippen molar-refractivity contribution in [2.24, 2.45) is 5.92 Å². The van der Waals surface area contributed by atoms with Crippen molar-refractivity contribution in [3.8, 4) is 0 Å². The molecule has 2 saturated heterocycles. The van der Waals surface area contributed by atoms with Crippen molar-refractivity contribution in [3.05, 3.63) is 0 Å². The Bertz CT molecular complexity index is 378. The lowest BCUT2D eigenvalue weighted by Gasteiger charge is -2.42. The van der Waals surface area contributed by atoms with E-state index in [1.165, 1.54) is 0 Å². The van der Waals surface area contributed by atoms with Crippen LogP contribution in [0.4, 0.5) is 0 Å². The predicted octanol–water partition coefficient (Wildman–Crippen LogP) is -1.14. The summed E-state index contributed by atoms with van der Waals surface area (Å²) >= 11 is 0. The lowest BCUT2D eigenvalue weighted by molar-refractivity contribution is -0.151. The first kappa shape index (κ1) is 11.9. The summed E-state index contributed by atoms with van der Waals surface area (Å²) in [4.78, 5) is 36.7. The second-order valence-corrected chi connectivity index (χ2v) is 5.01. The molecule has 0 aliphatic carbocycles. The fraction of sp³-hybridized carbons (Fsp3) is 0.727. The molecule has 6 heteroatoms. The number of carbonyl (C=O) groups is 3. The number of amides is 3. The van der Waals surface area contributed by atoms with E-state index in [1.54, 1.807) is 18.7 Å². The van der Waals surface area contributed by atoms with Crippen LogP contribution < -0.4 is 10.6 Å². The zero-order valence-electron chi connectivity index (χ0n) is 10.1. The molecule has 3 amide bonds. The Morgan fingerprint density at radius 2 is 2.06 bits per heavy atom. The van der Waals surface area contributed by atoms with Gasteiger partial charge in [-0.15, -0.1) is 0 Å². The van der Waals surface area contributed by atoms with Gasteiger partial charge >= 0.3 is 0 Å². The summed E-state index contributed by atoms with van der Waals surface area (Å²) in [5, 5.41) is 5.38. The molecule has 6 nitrogen and oxygen atoms in total. The van der Waals surface area contributed by atoms with E-state index in [0.717, 1.165) is 0 Å². The zero-order chi connectivity index (χ0) is 12.6. The highest BCUT2D eigenvalue weighted by atomic mass is 16.2. The van der Waals surface area contributed by atoms with Crippen LogP contribution in [-0.2, 0) is 14.4 Å². The van der Waals surface area contributed by atoms with E-state index in [-0.39, 0.29) is 30.1 Å². The smallest absolute Gasteiger partial charge is 0.245 e. The van der Waals surface area contributed by atoms with Gasteiger partial charge in [-0.05, 0) is 13.8 Å². The summed E-state index contributed by atoms with van der Waals surface area (Å²) in [7, 11) is 0. The van der Waals surface area contributed by atoms with Crippen LogP contribution >= 0.6 is 0 Å². The number of hydrogen-bond acceptors (Lipinski definition) is 3. The Morgan fingerprint density at radius 1 is 1.35 bits per heavy atom. The summed E-state index contributed by atoms with van der Waals surface area (Å²) in [6, 6.07) is 0. The Kier molecular flexibility index (Phi) is 2.81. The normalized spacial score (nSPS) is 27.6. The highest BCUT2D eigenvalue weighted by Gasteiger charge is 2.43. The number of rotatable bonds is 1. The Hall–Kier alpha value is -1.59. The average molecular weight is 239 g/mol. The monoisotopic (exact) mass is 239 g/mol. The SMILES string of the molecule is CC1(C)C(=O)NCCN1C(=O)C1CNC(=O)C1. The van der Waals surface area contributed by atoms with Gasteiger partial charge in [0.2, 0.25) is 17.7 Å². The van der Waals surface area contributed by atoms with Crippen molar-refractivity contribution in [2.45, 2.75) is 25.8 Å². The van der Waals surface area contributed by atoms with E-state index in [4.69, 9.17) is 0 Å². The van der Waals surface area contributed by atoms with Gasteiger partial charge in [0.25, 0.3) is 0 Å². The molecule has 2 heterocycles. The van der Waals surface area contributed by atoms with Gasteiger partial charge in [0.05, 0.1) is 5.92 Å². The number of piperazine rings is 1. The van der Waals surface area contributed by atoms with E-state index in [1.807, 2.05) is 0 Å². The Labute approximate surface area is 99.7 Å². The van der Waals surface area contributed by atoms with E-state index in [2.05, 4.69) is 10.6 Å². The van der Waals surface area contributed by atoms with Crippen LogP contribution in [0.15, 0.2) is 0 Å². The third kappa shape index (κ3) is 1.99. The largest absolute Gasteiger partial charge is 0.355 e. The first-order valence-corrected chi connectivity index (χ1v) is 5.79. The Balaban J connectivity index is 2.13. The molecule has 0 saturated carbocycles. The third-order valence-corrected chi connectivity index (χ3v) is 3.44. The average Bonchev–Trinajstić information content (AvgIpc) is 2.68. The van der Waals surface area contributed by atoms with Crippen LogP contribution in [0.3, 0.4) is 0 Å². The molecular weight excluding hydrogens is 222 g/mol. The zero-order valence-corrected chi connectivity index (χ0v) is 10.1. The first-order valence-electron chi connectivity index (χ1n) is 5.79. The molecule has 0 aromatic carbocycles. The van der Waals surface area contributed by atoms with Gasteiger partial charge in [0.15, 0.2) is 0 Å². The van der Waals surface area contributed by atoms with E-state index in [0.29, 0.717) is 19.6 Å². The van der Waals surface area contributed by atoms with Crippen LogP contribution in [0.5, 0.6) is 0 Å².